The molecule has 1 aliphatic heterocycles. The Morgan fingerprint density at radius 3 is 2.65 bits per heavy atom. The molecule has 7 nitrogen and oxygen atoms in total. The van der Waals surface area contributed by atoms with E-state index in [2.05, 4.69) is 20.9 Å². The number of carbonyl (C=O) groups is 1. The summed E-state index contributed by atoms with van der Waals surface area (Å²) in [5.74, 6) is 1.26. The molecule has 0 saturated carbocycles. The lowest BCUT2D eigenvalue weighted by Crippen LogP contribution is -2.43. The molecule has 0 bridgehead atoms. The van der Waals surface area contributed by atoms with Crippen molar-refractivity contribution in [3.05, 3.63) is 89.3 Å². The number of nitrogens with zero attached hydrogens (tertiary/aromatic N) is 3. The molecule has 3 heterocycles. The van der Waals surface area contributed by atoms with Gasteiger partial charge >= 0.3 is 0 Å². The zero-order valence-corrected chi connectivity index (χ0v) is 17.8. The highest BCUT2D eigenvalue weighted by Gasteiger charge is 2.38. The molecule has 2 N–H and O–H groups in total. The van der Waals surface area contributed by atoms with Crippen LogP contribution in [0.5, 0.6) is 0 Å². The molecule has 2 aromatic carbocycles. The first-order valence-electron chi connectivity index (χ1n) is 9.68. The third-order valence-electron chi connectivity index (χ3n) is 4.97. The minimum Gasteiger partial charge on any atom is -0.467 e. The van der Waals surface area contributed by atoms with Crippen LogP contribution in [-0.4, -0.2) is 26.0 Å². The molecule has 5 rings (SSSR count). The zero-order chi connectivity index (χ0) is 21.2. The zero-order valence-electron chi connectivity index (χ0n) is 16.2. The van der Waals surface area contributed by atoms with Crippen molar-refractivity contribution in [3.63, 3.8) is 0 Å². The first kappa shape index (κ1) is 19.7. The summed E-state index contributed by atoms with van der Waals surface area (Å²) < 4.78 is 7.17. The lowest BCUT2D eigenvalue weighted by molar-refractivity contribution is -0.121. The maximum absolute atomic E-state index is 13.1. The summed E-state index contributed by atoms with van der Waals surface area (Å²) in [6, 6.07) is 20.6. The monoisotopic (exact) mass is 451 g/mol. The molecule has 1 amide bonds. The second-order valence-corrected chi connectivity index (χ2v) is 8.55. The van der Waals surface area contributed by atoms with Crippen LogP contribution in [0, 0.1) is 0 Å². The predicted molar refractivity (Wildman–Crippen MR) is 119 cm³/mol. The Kier molecular flexibility index (Phi) is 5.40. The topological polar surface area (TPSA) is 85.0 Å². The number of nitrogens with one attached hydrogen (secondary N) is 2. The summed E-state index contributed by atoms with van der Waals surface area (Å²) in [6.45, 7) is 0.318. The molecule has 0 spiro atoms. The van der Waals surface area contributed by atoms with Crippen molar-refractivity contribution in [2.24, 2.45) is 0 Å². The fourth-order valence-corrected chi connectivity index (χ4v) is 4.67. The second kappa shape index (κ2) is 8.49. The molecule has 31 heavy (non-hydrogen) atoms. The van der Waals surface area contributed by atoms with Gasteiger partial charge in [0.1, 0.15) is 11.0 Å². The molecular weight excluding hydrogens is 434 g/mol. The Hall–Kier alpha value is -3.23. The predicted octanol–water partition coefficient (Wildman–Crippen LogP) is 4.27. The Morgan fingerprint density at radius 2 is 1.90 bits per heavy atom. The van der Waals surface area contributed by atoms with Gasteiger partial charge in [-0.15, -0.1) is 10.2 Å². The van der Waals surface area contributed by atoms with Gasteiger partial charge in [0.05, 0.1) is 18.8 Å². The number of furan rings is 1. The summed E-state index contributed by atoms with van der Waals surface area (Å²) in [7, 11) is 0. The molecule has 156 valence electrons. The molecule has 4 aromatic rings. The molecule has 0 fully saturated rings. The van der Waals surface area contributed by atoms with Gasteiger partial charge in [0, 0.05) is 10.6 Å². The molecular formula is C22H18ClN5O2S. The average molecular weight is 452 g/mol. The van der Waals surface area contributed by atoms with Crippen molar-refractivity contribution in [2.75, 3.05) is 5.43 Å². The number of benzene rings is 2. The number of fused-ring (bicyclic) bond motifs is 1. The molecule has 0 aliphatic carbocycles. The molecule has 2 atom stereocenters. The third-order valence-corrected chi connectivity index (χ3v) is 6.44. The minimum absolute atomic E-state index is 0.121. The van der Waals surface area contributed by atoms with Crippen LogP contribution in [-0.2, 0) is 11.3 Å². The highest BCUT2D eigenvalue weighted by molar-refractivity contribution is 8.00. The van der Waals surface area contributed by atoms with Gasteiger partial charge in [-0.3, -0.25) is 4.79 Å². The van der Waals surface area contributed by atoms with Crippen molar-refractivity contribution in [1.82, 2.24) is 20.2 Å². The Bertz CT molecular complexity index is 1180. The minimum atomic E-state index is -0.462. The quantitative estimate of drug-likeness (QED) is 0.471. The van der Waals surface area contributed by atoms with Gasteiger partial charge in [-0.05, 0) is 29.8 Å². The van der Waals surface area contributed by atoms with Gasteiger partial charge in [0.15, 0.2) is 5.82 Å². The normalized spacial score (nSPS) is 17.6. The first-order chi connectivity index (χ1) is 15.2. The highest BCUT2D eigenvalue weighted by atomic mass is 35.5. The molecule has 1 aliphatic rings. The maximum atomic E-state index is 13.1. The molecule has 0 saturated heterocycles. The number of rotatable bonds is 5. The average Bonchev–Trinajstić information content (AvgIpc) is 3.47. The molecule has 9 heteroatoms. The van der Waals surface area contributed by atoms with E-state index in [4.69, 9.17) is 16.0 Å². The Morgan fingerprint density at radius 1 is 1.10 bits per heavy atom. The van der Waals surface area contributed by atoms with Crippen LogP contribution >= 0.6 is 23.4 Å². The van der Waals surface area contributed by atoms with Gasteiger partial charge < -0.3 is 15.2 Å². The third kappa shape index (κ3) is 4.04. The summed E-state index contributed by atoms with van der Waals surface area (Å²) >= 11 is 7.46. The van der Waals surface area contributed by atoms with E-state index in [1.165, 1.54) is 11.8 Å². The number of hydrogen-bond acceptors (Lipinski definition) is 6. The summed E-state index contributed by atoms with van der Waals surface area (Å²) in [4.78, 5) is 13.1. The lowest BCUT2D eigenvalue weighted by Gasteiger charge is -2.33. The van der Waals surface area contributed by atoms with Crippen LogP contribution in [0.2, 0.25) is 5.02 Å². The van der Waals surface area contributed by atoms with Crippen LogP contribution in [0.4, 0.5) is 0 Å². The number of hydrogen-bond donors (Lipinski definition) is 2. The van der Waals surface area contributed by atoms with E-state index in [1.54, 1.807) is 12.3 Å². The number of carbonyl (C=O) groups excluding carboxylic acids is 1. The van der Waals surface area contributed by atoms with Crippen LogP contribution in [0.15, 0.2) is 82.6 Å². The van der Waals surface area contributed by atoms with Gasteiger partial charge in [-0.2, -0.15) is 0 Å². The molecule has 2 aromatic heterocycles. The van der Waals surface area contributed by atoms with Crippen molar-refractivity contribution in [3.8, 4) is 11.4 Å². The smallest absolute Gasteiger partial charge is 0.236 e. The fraction of sp³-hybridized carbons (Fsp3) is 0.136. The number of halogens is 1. The second-order valence-electron chi connectivity index (χ2n) is 7.00. The standard InChI is InChI=1S/C22H18ClN5O2S/c23-16-10-8-14(9-11-16)18-19(21(29)24-13-17-7-4-12-30-17)31-22-26-25-20(28(22)27-18)15-5-2-1-3-6-15/h1-12,18-19,27H,13H2,(H,24,29). The van der Waals surface area contributed by atoms with Crippen LogP contribution in [0.1, 0.15) is 17.4 Å². The van der Waals surface area contributed by atoms with Gasteiger partial charge in [-0.25, -0.2) is 4.68 Å². The molecule has 0 radical (unpaired) electrons. The summed E-state index contributed by atoms with van der Waals surface area (Å²) in [5, 5.41) is 12.4. The largest absolute Gasteiger partial charge is 0.467 e. The lowest BCUT2D eigenvalue weighted by atomic mass is 10.0. The fourth-order valence-electron chi connectivity index (χ4n) is 3.44. The van der Waals surface area contributed by atoms with Crippen LogP contribution in [0.25, 0.3) is 11.4 Å². The number of aromatic nitrogens is 3. The van der Waals surface area contributed by atoms with Gasteiger partial charge in [-0.1, -0.05) is 65.8 Å². The maximum Gasteiger partial charge on any atom is 0.236 e. The van der Waals surface area contributed by atoms with Crippen LogP contribution < -0.4 is 10.7 Å². The van der Waals surface area contributed by atoms with Crippen molar-refractivity contribution in [2.45, 2.75) is 23.0 Å². The van der Waals surface area contributed by atoms with E-state index < -0.39 is 5.25 Å². The van der Waals surface area contributed by atoms with E-state index in [-0.39, 0.29) is 11.9 Å². The Balaban J connectivity index is 1.47. The number of amides is 1. The van der Waals surface area contributed by atoms with Crippen molar-refractivity contribution < 1.29 is 9.21 Å². The van der Waals surface area contributed by atoms with Crippen molar-refractivity contribution >= 4 is 29.3 Å². The summed E-state index contributed by atoms with van der Waals surface area (Å²) in [6.07, 6.45) is 1.59. The number of thioether (sulfide) groups is 1. The van der Waals surface area contributed by atoms with Crippen LogP contribution in [0.3, 0.4) is 0 Å². The van der Waals surface area contributed by atoms with Gasteiger partial charge in [0.2, 0.25) is 11.1 Å². The van der Waals surface area contributed by atoms with Gasteiger partial charge in [0.25, 0.3) is 0 Å². The SMILES string of the molecule is O=C(NCc1ccco1)C1Sc2nnc(-c3ccccc3)n2NC1c1ccc(Cl)cc1. The summed E-state index contributed by atoms with van der Waals surface area (Å²) in [5.41, 5.74) is 5.32. The molecule has 2 unspecified atom stereocenters. The van der Waals surface area contributed by atoms with E-state index in [0.717, 1.165) is 11.1 Å². The van der Waals surface area contributed by atoms with E-state index in [1.807, 2.05) is 65.3 Å². The van der Waals surface area contributed by atoms with Crippen molar-refractivity contribution in [1.29, 1.82) is 0 Å². The van der Waals surface area contributed by atoms with E-state index in [9.17, 15) is 4.79 Å². The Labute approximate surface area is 187 Å². The van der Waals surface area contributed by atoms with E-state index >= 15 is 0 Å². The first-order valence-corrected chi connectivity index (χ1v) is 10.9. The van der Waals surface area contributed by atoms with E-state index in [0.29, 0.717) is 28.3 Å². The highest BCUT2D eigenvalue weighted by Crippen LogP contribution is 2.38.